The van der Waals surface area contributed by atoms with Gasteiger partial charge in [-0.2, -0.15) is 0 Å². The first-order valence-electron chi connectivity index (χ1n) is 5.57. The van der Waals surface area contributed by atoms with Gasteiger partial charge in [0.2, 0.25) is 0 Å². The highest BCUT2D eigenvalue weighted by molar-refractivity contribution is 7.91. The van der Waals surface area contributed by atoms with Crippen molar-refractivity contribution in [1.29, 1.82) is 0 Å². The Morgan fingerprint density at radius 3 is 2.68 bits per heavy atom. The Labute approximate surface area is 122 Å². The fourth-order valence-electron chi connectivity index (χ4n) is 1.40. The molecule has 1 aromatic carbocycles. The third-order valence-corrected chi connectivity index (χ3v) is 4.89. The molecule has 0 aliphatic rings. The second-order valence-electron chi connectivity index (χ2n) is 3.85. The van der Waals surface area contributed by atoms with E-state index in [1.54, 1.807) is 5.32 Å². The number of hydrogen-bond donors (Lipinski definition) is 2. The van der Waals surface area contributed by atoms with Gasteiger partial charge in [-0.3, -0.25) is 4.79 Å². The lowest BCUT2D eigenvalue weighted by Crippen LogP contribution is -2.87. The van der Waals surface area contributed by atoms with Crippen molar-refractivity contribution in [3.8, 4) is 0 Å². The lowest BCUT2D eigenvalue weighted by molar-refractivity contribution is -0.639. The van der Waals surface area contributed by atoms with Crippen molar-refractivity contribution >= 4 is 38.9 Å². The van der Waals surface area contributed by atoms with Crippen molar-refractivity contribution in [3.05, 3.63) is 28.2 Å². The first-order chi connectivity index (χ1) is 8.86. The highest BCUT2D eigenvalue weighted by atomic mass is 35.5. The molecule has 0 unspecified atom stereocenters. The maximum Gasteiger partial charge on any atom is 0.274 e. The molecule has 0 aromatic heterocycles. The van der Waals surface area contributed by atoms with Gasteiger partial charge in [-0.1, -0.05) is 23.2 Å². The minimum atomic E-state index is -3.50. The predicted octanol–water partition coefficient (Wildman–Crippen LogP) is 0.0765. The largest absolute Gasteiger partial charge is 0.354 e. The van der Waals surface area contributed by atoms with Crippen LogP contribution >= 0.6 is 23.2 Å². The number of likely N-dealkylation sites (N-methyl/N-ethyl adjacent to an activating group) is 1. The first kappa shape index (κ1) is 16.2. The molecule has 8 heteroatoms. The number of sulfone groups is 1. The molecule has 0 radical (unpaired) electrons. The van der Waals surface area contributed by atoms with E-state index < -0.39 is 9.84 Å². The van der Waals surface area contributed by atoms with Crippen LogP contribution in [-0.2, 0) is 14.6 Å². The Morgan fingerprint density at radius 2 is 2.05 bits per heavy atom. The summed E-state index contributed by atoms with van der Waals surface area (Å²) in [6, 6.07) is 4.31. The molecule has 1 amide bonds. The van der Waals surface area contributed by atoms with Crippen LogP contribution in [-0.4, -0.2) is 40.2 Å². The lowest BCUT2D eigenvalue weighted by atomic mass is 10.4. The van der Waals surface area contributed by atoms with Gasteiger partial charge < -0.3 is 10.6 Å². The average Bonchev–Trinajstić information content (AvgIpc) is 2.37. The van der Waals surface area contributed by atoms with Crippen LogP contribution in [0.3, 0.4) is 0 Å². The van der Waals surface area contributed by atoms with E-state index in [0.717, 1.165) is 0 Å². The smallest absolute Gasteiger partial charge is 0.274 e. The van der Waals surface area contributed by atoms with E-state index in [2.05, 4.69) is 5.32 Å². The fourth-order valence-corrected chi connectivity index (χ4v) is 3.47. The highest BCUT2D eigenvalue weighted by Crippen LogP contribution is 2.25. The number of carbonyl (C=O) groups is 1. The number of benzene rings is 1. The van der Waals surface area contributed by atoms with Gasteiger partial charge in [0.1, 0.15) is 5.75 Å². The number of nitrogens with one attached hydrogen (secondary N) is 1. The SMILES string of the molecule is CNC(=O)C[NH2+]CCS(=O)(=O)c1cc(Cl)ccc1Cl. The lowest BCUT2D eigenvalue weighted by Gasteiger charge is -2.06. The summed E-state index contributed by atoms with van der Waals surface area (Å²) in [5, 5.41) is 4.54. The van der Waals surface area contributed by atoms with E-state index in [-0.39, 0.29) is 34.7 Å². The number of nitrogens with two attached hydrogens (primary N) is 1. The number of halogens is 2. The van der Waals surface area contributed by atoms with Gasteiger partial charge in [0, 0.05) is 12.1 Å². The molecule has 0 spiro atoms. The molecular formula is C11H15Cl2N2O3S+. The number of rotatable bonds is 6. The predicted molar refractivity (Wildman–Crippen MR) is 74.2 cm³/mol. The van der Waals surface area contributed by atoms with Gasteiger partial charge in [-0.15, -0.1) is 0 Å². The summed E-state index contributed by atoms with van der Waals surface area (Å²) in [6.45, 7) is 0.466. The van der Waals surface area contributed by atoms with Gasteiger partial charge in [-0.05, 0) is 18.2 Å². The van der Waals surface area contributed by atoms with Crippen molar-refractivity contribution < 1.29 is 18.5 Å². The molecule has 0 aliphatic heterocycles. The van der Waals surface area contributed by atoms with Crippen LogP contribution in [0.25, 0.3) is 0 Å². The molecule has 0 saturated carbocycles. The molecule has 5 nitrogen and oxygen atoms in total. The average molecular weight is 326 g/mol. The zero-order chi connectivity index (χ0) is 14.5. The van der Waals surface area contributed by atoms with Gasteiger partial charge in [0.15, 0.2) is 16.4 Å². The molecule has 0 atom stereocenters. The van der Waals surface area contributed by atoms with E-state index in [9.17, 15) is 13.2 Å². The number of amides is 1. The van der Waals surface area contributed by atoms with E-state index in [1.165, 1.54) is 25.2 Å². The topological polar surface area (TPSA) is 79.8 Å². The van der Waals surface area contributed by atoms with Crippen LogP contribution < -0.4 is 10.6 Å². The fraction of sp³-hybridized carbons (Fsp3) is 0.364. The minimum absolute atomic E-state index is 0.0232. The van der Waals surface area contributed by atoms with Crippen LogP contribution in [0.5, 0.6) is 0 Å². The summed E-state index contributed by atoms with van der Waals surface area (Å²) in [5.41, 5.74) is 0. The van der Waals surface area contributed by atoms with Crippen molar-refractivity contribution in [1.82, 2.24) is 5.32 Å². The quantitative estimate of drug-likeness (QED) is 0.727. The number of quaternary nitrogens is 1. The van der Waals surface area contributed by atoms with Crippen LogP contribution in [0.4, 0.5) is 0 Å². The molecule has 3 N–H and O–H groups in total. The monoisotopic (exact) mass is 325 g/mol. The van der Waals surface area contributed by atoms with Gasteiger partial charge in [0.25, 0.3) is 5.91 Å². The molecule has 0 aliphatic carbocycles. The normalized spacial score (nSPS) is 11.3. The Bertz CT molecular complexity index is 561. The van der Waals surface area contributed by atoms with E-state index >= 15 is 0 Å². The summed E-state index contributed by atoms with van der Waals surface area (Å²) in [6.07, 6.45) is 0. The third kappa shape index (κ3) is 4.99. The number of carbonyl (C=O) groups excluding carboxylic acids is 1. The molecule has 0 saturated heterocycles. The molecule has 106 valence electrons. The summed E-state index contributed by atoms with van der Waals surface area (Å²) in [4.78, 5) is 11.0. The summed E-state index contributed by atoms with van der Waals surface area (Å²) in [7, 11) is -1.97. The van der Waals surface area contributed by atoms with Gasteiger partial charge >= 0.3 is 0 Å². The second kappa shape index (κ2) is 7.09. The molecule has 0 heterocycles. The first-order valence-corrected chi connectivity index (χ1v) is 7.97. The van der Waals surface area contributed by atoms with E-state index in [1.807, 2.05) is 0 Å². The highest BCUT2D eigenvalue weighted by Gasteiger charge is 2.19. The molecular weight excluding hydrogens is 311 g/mol. The zero-order valence-corrected chi connectivity index (χ0v) is 12.6. The van der Waals surface area contributed by atoms with Crippen LogP contribution in [0.1, 0.15) is 0 Å². The Hall–Kier alpha value is -0.820. The second-order valence-corrected chi connectivity index (χ2v) is 6.77. The Balaban J connectivity index is 2.66. The molecule has 1 aromatic rings. The maximum absolute atomic E-state index is 12.1. The third-order valence-electron chi connectivity index (χ3n) is 2.43. The standard InChI is InChI=1S/C11H14Cl2N2O3S/c1-14-11(16)7-15-4-5-19(17,18)10-6-8(12)2-3-9(10)13/h2-3,6,15H,4-5,7H2,1H3,(H,14,16)/p+1. The molecule has 0 fully saturated rings. The van der Waals surface area contributed by atoms with Crippen LogP contribution in [0.2, 0.25) is 10.0 Å². The number of hydrogen-bond acceptors (Lipinski definition) is 3. The minimum Gasteiger partial charge on any atom is -0.354 e. The Morgan fingerprint density at radius 1 is 1.37 bits per heavy atom. The van der Waals surface area contributed by atoms with Crippen molar-refractivity contribution in [2.24, 2.45) is 0 Å². The molecule has 1 rings (SSSR count). The van der Waals surface area contributed by atoms with Crippen molar-refractivity contribution in [2.75, 3.05) is 25.9 Å². The van der Waals surface area contributed by atoms with Gasteiger partial charge in [0.05, 0.1) is 16.5 Å². The van der Waals surface area contributed by atoms with E-state index in [0.29, 0.717) is 5.02 Å². The van der Waals surface area contributed by atoms with E-state index in [4.69, 9.17) is 23.2 Å². The summed E-state index contributed by atoms with van der Waals surface area (Å²) in [5.74, 6) is -0.262. The maximum atomic E-state index is 12.1. The Kier molecular flexibility index (Phi) is 6.06. The van der Waals surface area contributed by atoms with Gasteiger partial charge in [-0.25, -0.2) is 8.42 Å². The molecule has 19 heavy (non-hydrogen) atoms. The zero-order valence-electron chi connectivity index (χ0n) is 10.3. The summed E-state index contributed by atoms with van der Waals surface area (Å²) < 4.78 is 24.1. The molecule has 0 bridgehead atoms. The van der Waals surface area contributed by atoms with Crippen molar-refractivity contribution in [3.63, 3.8) is 0 Å². The summed E-state index contributed by atoms with van der Waals surface area (Å²) >= 11 is 11.6. The van der Waals surface area contributed by atoms with Crippen LogP contribution in [0, 0.1) is 0 Å². The van der Waals surface area contributed by atoms with Crippen LogP contribution in [0.15, 0.2) is 23.1 Å². The van der Waals surface area contributed by atoms with Crippen molar-refractivity contribution in [2.45, 2.75) is 4.90 Å².